The summed E-state index contributed by atoms with van der Waals surface area (Å²) in [7, 11) is 0. The normalized spacial score (nSPS) is 12.2. The van der Waals surface area contributed by atoms with Gasteiger partial charge < -0.3 is 14.8 Å². The standard InChI is InChI=1S/C17H21Cl2NO5S/c1-5-24-14(21)13(20-16(23)25-17(2,3)4)9-26-15(22)10-6-11(18)8-12(19)7-10/h6-8,13H,5,9H2,1-4H3,(H,20,23)/t13-/m1/s1. The van der Waals surface area contributed by atoms with Gasteiger partial charge in [-0.1, -0.05) is 35.0 Å². The first kappa shape index (κ1) is 22.6. The number of thioether (sulfide) groups is 1. The van der Waals surface area contributed by atoms with Gasteiger partial charge in [-0.3, -0.25) is 4.79 Å². The van der Waals surface area contributed by atoms with Crippen LogP contribution in [0.25, 0.3) is 0 Å². The molecular weight excluding hydrogens is 401 g/mol. The summed E-state index contributed by atoms with van der Waals surface area (Å²) >= 11 is 12.6. The highest BCUT2D eigenvalue weighted by Gasteiger charge is 2.26. The number of hydrogen-bond donors (Lipinski definition) is 1. The molecule has 1 N–H and O–H groups in total. The molecule has 0 unspecified atom stereocenters. The van der Waals surface area contributed by atoms with E-state index in [1.54, 1.807) is 27.7 Å². The van der Waals surface area contributed by atoms with Gasteiger partial charge in [0, 0.05) is 21.4 Å². The van der Waals surface area contributed by atoms with Crippen LogP contribution in [0.3, 0.4) is 0 Å². The van der Waals surface area contributed by atoms with Crippen molar-refractivity contribution in [1.82, 2.24) is 5.32 Å². The second kappa shape index (κ2) is 10.0. The molecule has 6 nitrogen and oxygen atoms in total. The number of hydrogen-bond acceptors (Lipinski definition) is 6. The smallest absolute Gasteiger partial charge is 0.408 e. The zero-order valence-corrected chi connectivity index (χ0v) is 17.3. The van der Waals surface area contributed by atoms with E-state index in [0.29, 0.717) is 15.6 Å². The third-order valence-corrected chi connectivity index (χ3v) is 4.18. The Labute approximate surface area is 166 Å². The molecule has 1 rings (SSSR count). The van der Waals surface area contributed by atoms with Crippen LogP contribution < -0.4 is 5.32 Å². The number of carbonyl (C=O) groups is 3. The molecule has 1 atom stereocenters. The molecular formula is C17H21Cl2NO5S. The lowest BCUT2D eigenvalue weighted by Crippen LogP contribution is -2.46. The van der Waals surface area contributed by atoms with Gasteiger partial charge in [-0.25, -0.2) is 9.59 Å². The molecule has 0 aliphatic rings. The van der Waals surface area contributed by atoms with Gasteiger partial charge in [-0.05, 0) is 45.9 Å². The van der Waals surface area contributed by atoms with Crippen LogP contribution in [0.15, 0.2) is 18.2 Å². The number of amides is 1. The molecule has 0 saturated carbocycles. The number of esters is 1. The molecule has 0 spiro atoms. The summed E-state index contributed by atoms with van der Waals surface area (Å²) in [6.45, 7) is 6.90. The Morgan fingerprint density at radius 2 is 1.73 bits per heavy atom. The number of benzene rings is 1. The van der Waals surface area contributed by atoms with Crippen LogP contribution in [0, 0.1) is 0 Å². The fourth-order valence-corrected chi connectivity index (χ4v) is 3.12. The zero-order valence-electron chi connectivity index (χ0n) is 14.9. The Morgan fingerprint density at radius 3 is 2.23 bits per heavy atom. The predicted molar refractivity (Wildman–Crippen MR) is 103 cm³/mol. The van der Waals surface area contributed by atoms with E-state index in [1.807, 2.05) is 0 Å². The van der Waals surface area contributed by atoms with Gasteiger partial charge in [0.1, 0.15) is 11.6 Å². The highest BCUT2D eigenvalue weighted by molar-refractivity contribution is 8.14. The van der Waals surface area contributed by atoms with Crippen LogP contribution in [0.1, 0.15) is 38.1 Å². The summed E-state index contributed by atoms with van der Waals surface area (Å²) < 4.78 is 10.1. The number of alkyl carbamates (subject to hydrolysis) is 1. The van der Waals surface area contributed by atoms with Crippen molar-refractivity contribution >= 4 is 52.1 Å². The third-order valence-electron chi connectivity index (χ3n) is 2.74. The monoisotopic (exact) mass is 421 g/mol. The van der Waals surface area contributed by atoms with Crippen LogP contribution in [0.4, 0.5) is 4.79 Å². The number of ether oxygens (including phenoxy) is 2. The third kappa shape index (κ3) is 8.29. The lowest BCUT2D eigenvalue weighted by molar-refractivity contribution is -0.144. The summed E-state index contributed by atoms with van der Waals surface area (Å²) in [6, 6.07) is 3.43. The van der Waals surface area contributed by atoms with Crippen molar-refractivity contribution in [3.63, 3.8) is 0 Å². The molecule has 0 fully saturated rings. The Hall–Kier alpha value is -1.44. The maximum atomic E-state index is 12.3. The Morgan fingerprint density at radius 1 is 1.15 bits per heavy atom. The summed E-state index contributed by atoms with van der Waals surface area (Å²) in [6.07, 6.45) is -0.769. The Kier molecular flexibility index (Phi) is 8.73. The second-order valence-electron chi connectivity index (χ2n) is 6.21. The first-order chi connectivity index (χ1) is 12.0. The van der Waals surface area contributed by atoms with Crippen molar-refractivity contribution in [2.24, 2.45) is 0 Å². The average molecular weight is 422 g/mol. The molecule has 0 saturated heterocycles. The first-order valence-corrected chi connectivity index (χ1v) is 9.55. The fourth-order valence-electron chi connectivity index (χ4n) is 1.78. The summed E-state index contributed by atoms with van der Waals surface area (Å²) in [5, 5.41) is 2.75. The van der Waals surface area contributed by atoms with Crippen molar-refractivity contribution in [3.8, 4) is 0 Å². The molecule has 0 bridgehead atoms. The summed E-state index contributed by atoms with van der Waals surface area (Å²) in [5.74, 6) is -0.677. The van der Waals surface area contributed by atoms with Gasteiger partial charge in [0.25, 0.3) is 0 Å². The number of halogens is 2. The topological polar surface area (TPSA) is 81.7 Å². The van der Waals surface area contributed by atoms with Crippen LogP contribution in [0.2, 0.25) is 10.0 Å². The number of nitrogens with one attached hydrogen (secondary N) is 1. The Balaban J connectivity index is 2.77. The lowest BCUT2D eigenvalue weighted by atomic mass is 10.2. The van der Waals surface area contributed by atoms with Crippen molar-refractivity contribution in [3.05, 3.63) is 33.8 Å². The van der Waals surface area contributed by atoms with E-state index in [2.05, 4.69) is 5.32 Å². The Bertz CT molecular complexity index is 655. The van der Waals surface area contributed by atoms with Crippen LogP contribution in [0.5, 0.6) is 0 Å². The van der Waals surface area contributed by atoms with Gasteiger partial charge in [0.05, 0.1) is 6.61 Å². The number of carbonyl (C=O) groups excluding carboxylic acids is 3. The van der Waals surface area contributed by atoms with Crippen molar-refractivity contribution in [2.75, 3.05) is 12.4 Å². The van der Waals surface area contributed by atoms with Crippen LogP contribution in [-0.2, 0) is 14.3 Å². The molecule has 0 radical (unpaired) electrons. The van der Waals surface area contributed by atoms with E-state index < -0.39 is 23.7 Å². The maximum absolute atomic E-state index is 12.3. The minimum atomic E-state index is -1.03. The molecule has 0 aromatic heterocycles. The summed E-state index contributed by atoms with van der Waals surface area (Å²) in [4.78, 5) is 36.3. The highest BCUT2D eigenvalue weighted by Crippen LogP contribution is 2.23. The minimum absolute atomic E-state index is 0.0267. The van der Waals surface area contributed by atoms with Gasteiger partial charge in [-0.2, -0.15) is 0 Å². The molecule has 9 heteroatoms. The molecule has 26 heavy (non-hydrogen) atoms. The SMILES string of the molecule is CCOC(=O)[C@@H](CSC(=O)c1cc(Cl)cc(Cl)c1)NC(=O)OC(C)(C)C. The van der Waals surface area contributed by atoms with Gasteiger partial charge >= 0.3 is 12.1 Å². The first-order valence-electron chi connectivity index (χ1n) is 7.81. The van der Waals surface area contributed by atoms with Crippen LogP contribution >= 0.6 is 35.0 Å². The molecule has 1 amide bonds. The van der Waals surface area contributed by atoms with E-state index in [-0.39, 0.29) is 17.5 Å². The molecule has 144 valence electrons. The zero-order chi connectivity index (χ0) is 19.9. The molecule has 1 aromatic carbocycles. The van der Waals surface area contributed by atoms with E-state index in [9.17, 15) is 14.4 Å². The van der Waals surface area contributed by atoms with E-state index >= 15 is 0 Å². The highest BCUT2D eigenvalue weighted by atomic mass is 35.5. The van der Waals surface area contributed by atoms with Gasteiger partial charge in [0.2, 0.25) is 5.12 Å². The van der Waals surface area contributed by atoms with E-state index in [1.165, 1.54) is 18.2 Å². The average Bonchev–Trinajstić information content (AvgIpc) is 2.48. The van der Waals surface area contributed by atoms with Crippen LogP contribution in [-0.4, -0.2) is 41.2 Å². The maximum Gasteiger partial charge on any atom is 0.408 e. The molecule has 0 heterocycles. The summed E-state index contributed by atoms with van der Waals surface area (Å²) in [5.41, 5.74) is -0.420. The fraction of sp³-hybridized carbons (Fsp3) is 0.471. The molecule has 1 aromatic rings. The second-order valence-corrected chi connectivity index (χ2v) is 8.07. The molecule has 0 aliphatic carbocycles. The largest absolute Gasteiger partial charge is 0.464 e. The van der Waals surface area contributed by atoms with Crippen molar-refractivity contribution < 1.29 is 23.9 Å². The van der Waals surface area contributed by atoms with Crippen molar-refractivity contribution in [1.29, 1.82) is 0 Å². The minimum Gasteiger partial charge on any atom is -0.464 e. The van der Waals surface area contributed by atoms with Gasteiger partial charge in [-0.15, -0.1) is 0 Å². The van der Waals surface area contributed by atoms with Gasteiger partial charge in [0.15, 0.2) is 0 Å². The lowest BCUT2D eigenvalue weighted by Gasteiger charge is -2.22. The molecule has 0 aliphatic heterocycles. The number of rotatable bonds is 6. The van der Waals surface area contributed by atoms with E-state index in [0.717, 1.165) is 11.8 Å². The quantitative estimate of drug-likeness (QED) is 0.688. The predicted octanol–water partition coefficient (Wildman–Crippen LogP) is 4.32. The van der Waals surface area contributed by atoms with E-state index in [4.69, 9.17) is 32.7 Å². The van der Waals surface area contributed by atoms with Crippen molar-refractivity contribution in [2.45, 2.75) is 39.3 Å².